The molecule has 1 unspecified atom stereocenters. The number of carbonyl (C=O) groups is 2. The summed E-state index contributed by atoms with van der Waals surface area (Å²) in [6.07, 6.45) is 2.11. The number of carboxylic acids is 1. The number of hydrogen-bond donors (Lipinski definition) is 2. The molecule has 0 radical (unpaired) electrons. The Balaban J connectivity index is 2.23. The van der Waals surface area contributed by atoms with Crippen LogP contribution in [0.1, 0.15) is 36.5 Å². The third kappa shape index (κ3) is 3.60. The molecule has 0 saturated carbocycles. The van der Waals surface area contributed by atoms with Crippen LogP contribution in [0.15, 0.2) is 42.5 Å². The van der Waals surface area contributed by atoms with Crippen molar-refractivity contribution in [1.82, 2.24) is 5.32 Å². The van der Waals surface area contributed by atoms with E-state index in [2.05, 4.69) is 5.32 Å². The van der Waals surface area contributed by atoms with E-state index in [1.807, 2.05) is 37.3 Å². The number of benzene rings is 2. The minimum absolute atomic E-state index is 0.338. The highest BCUT2D eigenvalue weighted by molar-refractivity contribution is 6.07. The van der Waals surface area contributed by atoms with Crippen molar-refractivity contribution < 1.29 is 14.7 Å². The van der Waals surface area contributed by atoms with Crippen molar-refractivity contribution in [2.24, 2.45) is 0 Å². The number of carbonyl (C=O) groups excluding carboxylic acids is 1. The minimum atomic E-state index is -0.989. The zero-order valence-electron chi connectivity index (χ0n) is 12.0. The minimum Gasteiger partial charge on any atom is -0.480 e. The lowest BCUT2D eigenvalue weighted by Crippen LogP contribution is -2.40. The van der Waals surface area contributed by atoms with Gasteiger partial charge in [-0.05, 0) is 23.3 Å². The quantitative estimate of drug-likeness (QED) is 0.856. The predicted molar refractivity (Wildman–Crippen MR) is 82.4 cm³/mol. The zero-order valence-corrected chi connectivity index (χ0v) is 12.0. The Kier molecular flexibility index (Phi) is 4.93. The molecule has 21 heavy (non-hydrogen) atoms. The van der Waals surface area contributed by atoms with Crippen LogP contribution in [-0.2, 0) is 4.79 Å². The average Bonchev–Trinajstić information content (AvgIpc) is 2.50. The van der Waals surface area contributed by atoms with Crippen LogP contribution in [0.25, 0.3) is 10.8 Å². The second-order valence-electron chi connectivity index (χ2n) is 5.03. The maximum atomic E-state index is 12.4. The second kappa shape index (κ2) is 6.88. The smallest absolute Gasteiger partial charge is 0.326 e. The fourth-order valence-corrected chi connectivity index (χ4v) is 2.33. The van der Waals surface area contributed by atoms with Crippen molar-refractivity contribution >= 4 is 22.6 Å². The maximum absolute atomic E-state index is 12.4. The molecule has 2 rings (SSSR count). The van der Waals surface area contributed by atoms with Crippen LogP contribution in [0.2, 0.25) is 0 Å². The molecule has 4 nitrogen and oxygen atoms in total. The fourth-order valence-electron chi connectivity index (χ4n) is 2.33. The molecule has 2 N–H and O–H groups in total. The van der Waals surface area contributed by atoms with Crippen molar-refractivity contribution in [3.63, 3.8) is 0 Å². The molecule has 1 atom stereocenters. The van der Waals surface area contributed by atoms with Crippen molar-refractivity contribution in [3.8, 4) is 0 Å². The Morgan fingerprint density at radius 3 is 2.57 bits per heavy atom. The fraction of sp³-hybridized carbons (Fsp3) is 0.294. The van der Waals surface area contributed by atoms with Crippen molar-refractivity contribution in [1.29, 1.82) is 0 Å². The summed E-state index contributed by atoms with van der Waals surface area (Å²) in [5, 5.41) is 13.6. The van der Waals surface area contributed by atoms with Crippen molar-refractivity contribution in [2.45, 2.75) is 32.2 Å². The standard InChI is InChI=1S/C17H19NO3/c1-2-3-11-15(17(20)21)18-16(19)14-10-6-8-12-7-4-5-9-13(12)14/h4-10,15H,2-3,11H2,1H3,(H,18,19)(H,20,21). The molecule has 0 aromatic heterocycles. The molecule has 0 spiro atoms. The molecule has 1 amide bonds. The first-order chi connectivity index (χ1) is 10.1. The zero-order chi connectivity index (χ0) is 15.2. The van der Waals surface area contributed by atoms with E-state index >= 15 is 0 Å². The Morgan fingerprint density at radius 1 is 1.14 bits per heavy atom. The normalized spacial score (nSPS) is 12.0. The molecule has 0 aliphatic rings. The third-order valence-corrected chi connectivity index (χ3v) is 3.48. The van der Waals surface area contributed by atoms with E-state index in [1.165, 1.54) is 0 Å². The van der Waals surface area contributed by atoms with Gasteiger partial charge in [0.15, 0.2) is 0 Å². The van der Waals surface area contributed by atoms with Crippen LogP contribution in [0.3, 0.4) is 0 Å². The van der Waals surface area contributed by atoms with Crippen LogP contribution < -0.4 is 5.32 Å². The molecular formula is C17H19NO3. The largest absolute Gasteiger partial charge is 0.480 e. The van der Waals surface area contributed by atoms with Gasteiger partial charge in [0.2, 0.25) is 0 Å². The van der Waals surface area contributed by atoms with E-state index in [1.54, 1.807) is 12.1 Å². The number of fused-ring (bicyclic) bond motifs is 1. The summed E-state index contributed by atoms with van der Waals surface area (Å²) in [6.45, 7) is 1.99. The lowest BCUT2D eigenvalue weighted by Gasteiger charge is -2.15. The lowest BCUT2D eigenvalue weighted by atomic mass is 10.0. The number of amides is 1. The number of rotatable bonds is 6. The molecule has 0 aliphatic heterocycles. The second-order valence-corrected chi connectivity index (χ2v) is 5.03. The molecular weight excluding hydrogens is 266 g/mol. The van der Waals surface area contributed by atoms with Gasteiger partial charge in [-0.15, -0.1) is 0 Å². The first-order valence-electron chi connectivity index (χ1n) is 7.15. The van der Waals surface area contributed by atoms with Crippen LogP contribution in [0, 0.1) is 0 Å². The molecule has 0 heterocycles. The van der Waals surface area contributed by atoms with E-state index in [0.29, 0.717) is 12.0 Å². The van der Waals surface area contributed by atoms with Gasteiger partial charge in [0, 0.05) is 5.56 Å². The summed E-state index contributed by atoms with van der Waals surface area (Å²) in [5.74, 6) is -1.33. The maximum Gasteiger partial charge on any atom is 0.326 e. The third-order valence-electron chi connectivity index (χ3n) is 3.48. The Bertz CT molecular complexity index is 646. The summed E-state index contributed by atoms with van der Waals surface area (Å²) in [5.41, 5.74) is 0.510. The highest BCUT2D eigenvalue weighted by Gasteiger charge is 2.20. The van der Waals surface area contributed by atoms with Gasteiger partial charge in [-0.25, -0.2) is 4.79 Å². The Hall–Kier alpha value is -2.36. The Morgan fingerprint density at radius 2 is 1.86 bits per heavy atom. The molecule has 2 aromatic carbocycles. The van der Waals surface area contributed by atoms with Crippen LogP contribution in [0.5, 0.6) is 0 Å². The van der Waals surface area contributed by atoms with E-state index in [4.69, 9.17) is 0 Å². The summed E-state index contributed by atoms with van der Waals surface area (Å²) >= 11 is 0. The van der Waals surface area contributed by atoms with Crippen molar-refractivity contribution in [2.75, 3.05) is 0 Å². The summed E-state index contributed by atoms with van der Waals surface area (Å²) < 4.78 is 0. The van der Waals surface area contributed by atoms with Gasteiger partial charge in [-0.2, -0.15) is 0 Å². The molecule has 0 bridgehead atoms. The van der Waals surface area contributed by atoms with E-state index in [-0.39, 0.29) is 5.91 Å². The molecule has 110 valence electrons. The molecule has 0 aliphatic carbocycles. The average molecular weight is 285 g/mol. The number of aliphatic carboxylic acids is 1. The van der Waals surface area contributed by atoms with Gasteiger partial charge < -0.3 is 10.4 Å². The van der Waals surface area contributed by atoms with Crippen LogP contribution in [-0.4, -0.2) is 23.0 Å². The first kappa shape index (κ1) is 15.0. The van der Waals surface area contributed by atoms with E-state index in [9.17, 15) is 14.7 Å². The molecule has 2 aromatic rings. The van der Waals surface area contributed by atoms with Gasteiger partial charge in [-0.1, -0.05) is 56.2 Å². The first-order valence-corrected chi connectivity index (χ1v) is 7.15. The van der Waals surface area contributed by atoms with Gasteiger partial charge in [0.05, 0.1) is 0 Å². The highest BCUT2D eigenvalue weighted by atomic mass is 16.4. The molecule has 0 saturated heterocycles. The number of hydrogen-bond acceptors (Lipinski definition) is 2. The van der Waals surface area contributed by atoms with Gasteiger partial charge in [0.1, 0.15) is 6.04 Å². The van der Waals surface area contributed by atoms with Gasteiger partial charge >= 0.3 is 5.97 Å². The van der Waals surface area contributed by atoms with Gasteiger partial charge in [-0.3, -0.25) is 4.79 Å². The lowest BCUT2D eigenvalue weighted by molar-refractivity contribution is -0.139. The van der Waals surface area contributed by atoms with E-state index in [0.717, 1.165) is 23.6 Å². The van der Waals surface area contributed by atoms with Crippen LogP contribution in [0.4, 0.5) is 0 Å². The molecule has 4 heteroatoms. The predicted octanol–water partition coefficient (Wildman–Crippen LogP) is 3.21. The van der Waals surface area contributed by atoms with Crippen LogP contribution >= 0.6 is 0 Å². The highest BCUT2D eigenvalue weighted by Crippen LogP contribution is 2.18. The topological polar surface area (TPSA) is 66.4 Å². The van der Waals surface area contributed by atoms with Crippen molar-refractivity contribution in [3.05, 3.63) is 48.0 Å². The number of nitrogens with one attached hydrogen (secondary N) is 1. The van der Waals surface area contributed by atoms with Gasteiger partial charge in [0.25, 0.3) is 5.91 Å². The number of carboxylic acid groups (broad SMARTS) is 1. The molecule has 0 fully saturated rings. The Labute approximate surface area is 123 Å². The SMILES string of the molecule is CCCCC(NC(=O)c1cccc2ccccc12)C(=O)O. The number of unbranched alkanes of at least 4 members (excludes halogenated alkanes) is 1. The van der Waals surface area contributed by atoms with E-state index < -0.39 is 12.0 Å². The monoisotopic (exact) mass is 285 g/mol. The summed E-state index contributed by atoms with van der Waals surface area (Å²) in [7, 11) is 0. The summed E-state index contributed by atoms with van der Waals surface area (Å²) in [4.78, 5) is 23.6. The summed E-state index contributed by atoms with van der Waals surface area (Å²) in [6, 6.07) is 12.2.